The number of nitrogens with one attached hydrogen (secondary N) is 1. The van der Waals surface area contributed by atoms with E-state index in [1.807, 2.05) is 56.3 Å². The predicted molar refractivity (Wildman–Crippen MR) is 149 cm³/mol. The van der Waals surface area contributed by atoms with Crippen LogP contribution in [0.3, 0.4) is 0 Å². The van der Waals surface area contributed by atoms with Crippen LogP contribution in [-0.4, -0.2) is 39.6 Å². The summed E-state index contributed by atoms with van der Waals surface area (Å²) < 4.78 is 40.4. The van der Waals surface area contributed by atoms with Crippen LogP contribution in [-0.2, 0) is 26.7 Å². The summed E-state index contributed by atoms with van der Waals surface area (Å²) >= 11 is 0. The summed E-state index contributed by atoms with van der Waals surface area (Å²) in [7, 11) is -2.48. The van der Waals surface area contributed by atoms with Gasteiger partial charge in [0.2, 0.25) is 0 Å². The summed E-state index contributed by atoms with van der Waals surface area (Å²) in [6.45, 7) is 9.91. The highest BCUT2D eigenvalue weighted by molar-refractivity contribution is 7.92. The van der Waals surface area contributed by atoms with Crippen molar-refractivity contribution in [2.45, 2.75) is 63.0 Å². The molecule has 0 aromatic heterocycles. The SMILES string of the molecule is COc1ccc(S(=O)(=O)N2C[C@@H](C(=O)NC(C)(C)Cc3ccccc3)Oc3ccc(C(C)(C)C)cc32)cc1. The first-order valence-electron chi connectivity index (χ1n) is 12.6. The molecule has 7 nitrogen and oxygen atoms in total. The van der Waals surface area contributed by atoms with Gasteiger partial charge in [-0.05, 0) is 73.2 Å². The van der Waals surface area contributed by atoms with Crippen molar-refractivity contribution in [3.63, 3.8) is 0 Å². The molecule has 0 unspecified atom stereocenters. The lowest BCUT2D eigenvalue weighted by atomic mass is 9.86. The number of amides is 1. The maximum absolute atomic E-state index is 13.9. The van der Waals surface area contributed by atoms with Gasteiger partial charge in [0.1, 0.15) is 11.5 Å². The first-order valence-corrected chi connectivity index (χ1v) is 14.1. The zero-order chi connectivity index (χ0) is 27.7. The van der Waals surface area contributed by atoms with Gasteiger partial charge in [-0.3, -0.25) is 9.10 Å². The Morgan fingerprint density at radius 2 is 1.66 bits per heavy atom. The highest BCUT2D eigenvalue weighted by Crippen LogP contribution is 2.40. The van der Waals surface area contributed by atoms with E-state index in [0.29, 0.717) is 23.6 Å². The molecule has 1 N–H and O–H groups in total. The largest absolute Gasteiger partial charge is 0.497 e. The second-order valence-electron chi connectivity index (χ2n) is 11.3. The van der Waals surface area contributed by atoms with Crippen molar-refractivity contribution in [3.8, 4) is 11.5 Å². The highest BCUT2D eigenvalue weighted by atomic mass is 32.2. The van der Waals surface area contributed by atoms with Crippen LogP contribution >= 0.6 is 0 Å². The third kappa shape index (κ3) is 5.96. The van der Waals surface area contributed by atoms with E-state index in [1.54, 1.807) is 18.2 Å². The van der Waals surface area contributed by atoms with Crippen molar-refractivity contribution in [1.82, 2.24) is 5.32 Å². The zero-order valence-corrected chi connectivity index (χ0v) is 23.6. The zero-order valence-electron chi connectivity index (χ0n) is 22.8. The molecule has 1 atom stereocenters. The molecular weight excluding hydrogens is 500 g/mol. The van der Waals surface area contributed by atoms with Gasteiger partial charge >= 0.3 is 0 Å². The van der Waals surface area contributed by atoms with Crippen LogP contribution in [0.2, 0.25) is 0 Å². The third-order valence-corrected chi connectivity index (χ3v) is 8.38. The molecule has 0 fully saturated rings. The minimum atomic E-state index is -4.00. The van der Waals surface area contributed by atoms with Crippen molar-refractivity contribution in [1.29, 1.82) is 0 Å². The summed E-state index contributed by atoms with van der Waals surface area (Å²) in [5.74, 6) is 0.535. The van der Waals surface area contributed by atoms with Crippen molar-refractivity contribution in [3.05, 3.63) is 83.9 Å². The standard InChI is InChI=1S/C30H36N2O5S/c1-29(2,3)22-12-17-26-25(18-22)32(38(34,35)24-15-13-23(36-6)14-16-24)20-27(37-26)28(33)31-30(4,5)19-21-10-8-7-9-11-21/h7-18,27H,19-20H2,1-6H3,(H,31,33)/t27-/m0/s1. The van der Waals surface area contributed by atoms with Gasteiger partial charge in [0.05, 0.1) is 24.2 Å². The van der Waals surface area contributed by atoms with Gasteiger partial charge in [-0.15, -0.1) is 0 Å². The molecule has 4 rings (SSSR count). The Hall–Kier alpha value is -3.52. The number of ether oxygens (including phenoxy) is 2. The summed E-state index contributed by atoms with van der Waals surface area (Å²) in [6, 6.07) is 21.6. The van der Waals surface area contributed by atoms with E-state index in [-0.39, 0.29) is 22.8 Å². The number of nitrogens with zero attached hydrogens (tertiary/aromatic N) is 1. The first-order chi connectivity index (χ1) is 17.8. The summed E-state index contributed by atoms with van der Waals surface area (Å²) in [6.07, 6.45) is -0.405. The molecule has 1 heterocycles. The van der Waals surface area contributed by atoms with Crippen molar-refractivity contribution in [2.75, 3.05) is 18.0 Å². The van der Waals surface area contributed by atoms with Crippen molar-refractivity contribution < 1.29 is 22.7 Å². The monoisotopic (exact) mass is 536 g/mol. The Balaban J connectivity index is 1.68. The number of fused-ring (bicyclic) bond motifs is 1. The van der Waals surface area contributed by atoms with Gasteiger partial charge in [-0.1, -0.05) is 57.2 Å². The number of hydrogen-bond donors (Lipinski definition) is 1. The number of sulfonamides is 1. The predicted octanol–water partition coefficient (Wildman–Crippen LogP) is 5.09. The second kappa shape index (κ2) is 10.3. The van der Waals surface area contributed by atoms with Gasteiger partial charge in [0.15, 0.2) is 6.10 Å². The molecule has 0 bridgehead atoms. The van der Waals surface area contributed by atoms with Crippen LogP contribution in [0, 0.1) is 0 Å². The number of carbonyl (C=O) groups is 1. The molecule has 0 saturated carbocycles. The van der Waals surface area contributed by atoms with E-state index in [1.165, 1.54) is 23.5 Å². The molecule has 0 spiro atoms. The number of hydrogen-bond acceptors (Lipinski definition) is 5. The minimum absolute atomic E-state index is 0.107. The van der Waals surface area contributed by atoms with E-state index in [4.69, 9.17) is 9.47 Å². The molecule has 0 aliphatic carbocycles. The molecule has 0 saturated heterocycles. The van der Waals surface area contributed by atoms with E-state index < -0.39 is 21.7 Å². The number of anilines is 1. The smallest absolute Gasteiger partial charge is 0.264 e. The topological polar surface area (TPSA) is 84.9 Å². The van der Waals surface area contributed by atoms with Crippen LogP contribution in [0.4, 0.5) is 5.69 Å². The maximum Gasteiger partial charge on any atom is 0.264 e. The number of benzene rings is 3. The van der Waals surface area contributed by atoms with Crippen LogP contribution < -0.4 is 19.1 Å². The van der Waals surface area contributed by atoms with E-state index in [0.717, 1.165) is 11.1 Å². The lowest BCUT2D eigenvalue weighted by molar-refractivity contribution is -0.129. The molecule has 8 heteroatoms. The van der Waals surface area contributed by atoms with E-state index >= 15 is 0 Å². The second-order valence-corrected chi connectivity index (χ2v) is 13.1. The van der Waals surface area contributed by atoms with Gasteiger partial charge in [-0.2, -0.15) is 0 Å². The Morgan fingerprint density at radius 3 is 2.26 bits per heavy atom. The molecule has 3 aromatic rings. The molecule has 202 valence electrons. The normalized spacial score (nSPS) is 15.8. The number of rotatable bonds is 7. The average molecular weight is 537 g/mol. The first kappa shape index (κ1) is 27.5. The Morgan fingerprint density at radius 1 is 1.00 bits per heavy atom. The summed E-state index contributed by atoms with van der Waals surface area (Å²) in [4.78, 5) is 13.6. The summed E-state index contributed by atoms with van der Waals surface area (Å²) in [5.41, 5.74) is 1.69. The summed E-state index contributed by atoms with van der Waals surface area (Å²) in [5, 5.41) is 3.07. The molecule has 3 aromatic carbocycles. The van der Waals surface area contributed by atoms with Crippen LogP contribution in [0.5, 0.6) is 11.5 Å². The quantitative estimate of drug-likeness (QED) is 0.455. The molecule has 1 aliphatic heterocycles. The Labute approximate surface area is 225 Å². The van der Waals surface area contributed by atoms with Gasteiger partial charge in [-0.25, -0.2) is 8.42 Å². The van der Waals surface area contributed by atoms with Crippen molar-refractivity contribution >= 4 is 21.6 Å². The fourth-order valence-electron chi connectivity index (χ4n) is 4.52. The highest BCUT2D eigenvalue weighted by Gasteiger charge is 2.39. The number of carbonyl (C=O) groups excluding carboxylic acids is 1. The lowest BCUT2D eigenvalue weighted by Crippen LogP contribution is -2.55. The van der Waals surface area contributed by atoms with Gasteiger partial charge in [0.25, 0.3) is 15.9 Å². The Bertz CT molecular complexity index is 1390. The fraction of sp³-hybridized carbons (Fsp3) is 0.367. The van der Waals surface area contributed by atoms with E-state index in [2.05, 4.69) is 26.1 Å². The van der Waals surface area contributed by atoms with Crippen LogP contribution in [0.15, 0.2) is 77.7 Å². The number of methoxy groups -OCH3 is 1. The molecule has 1 aliphatic rings. The molecule has 1 amide bonds. The fourth-order valence-corrected chi connectivity index (χ4v) is 5.99. The van der Waals surface area contributed by atoms with Gasteiger partial charge < -0.3 is 14.8 Å². The van der Waals surface area contributed by atoms with E-state index in [9.17, 15) is 13.2 Å². The van der Waals surface area contributed by atoms with Gasteiger partial charge in [0, 0.05) is 5.54 Å². The Kier molecular flexibility index (Phi) is 7.48. The average Bonchev–Trinajstić information content (AvgIpc) is 2.87. The minimum Gasteiger partial charge on any atom is -0.497 e. The van der Waals surface area contributed by atoms with Crippen LogP contribution in [0.25, 0.3) is 0 Å². The molecule has 38 heavy (non-hydrogen) atoms. The molecule has 0 radical (unpaired) electrons. The van der Waals surface area contributed by atoms with Crippen LogP contribution in [0.1, 0.15) is 45.7 Å². The lowest BCUT2D eigenvalue weighted by Gasteiger charge is -2.37. The molecular formula is C30H36N2O5S. The third-order valence-electron chi connectivity index (χ3n) is 6.58. The maximum atomic E-state index is 13.9. The van der Waals surface area contributed by atoms with Crippen molar-refractivity contribution in [2.24, 2.45) is 0 Å².